The van der Waals surface area contributed by atoms with Crippen LogP contribution in [0.15, 0.2) is 16.6 Å². The van der Waals surface area contributed by atoms with Gasteiger partial charge in [0.1, 0.15) is 11.6 Å². The fourth-order valence-corrected chi connectivity index (χ4v) is 1.17. The zero-order valence-electron chi connectivity index (χ0n) is 6.50. The van der Waals surface area contributed by atoms with E-state index in [-0.39, 0.29) is 0 Å². The molecule has 60 valence electrons. The van der Waals surface area contributed by atoms with Gasteiger partial charge in [0.2, 0.25) is 0 Å². The van der Waals surface area contributed by atoms with E-state index in [0.717, 1.165) is 10.3 Å². The summed E-state index contributed by atoms with van der Waals surface area (Å²) in [6.07, 6.45) is 0. The van der Waals surface area contributed by atoms with Gasteiger partial charge in [0.15, 0.2) is 0 Å². The summed E-state index contributed by atoms with van der Waals surface area (Å²) in [7, 11) is 3.85. The SMILES string of the molecule is CN(C)c1cc(Br)cc(N)n1. The molecule has 1 aromatic rings. The lowest BCUT2D eigenvalue weighted by molar-refractivity contribution is 1.07. The van der Waals surface area contributed by atoms with Crippen LogP contribution in [-0.4, -0.2) is 19.1 Å². The quantitative estimate of drug-likeness (QED) is 0.773. The molecule has 1 aromatic heterocycles. The lowest BCUT2D eigenvalue weighted by atomic mass is 10.4. The molecule has 0 aromatic carbocycles. The minimum absolute atomic E-state index is 0.531. The van der Waals surface area contributed by atoms with Gasteiger partial charge in [-0.3, -0.25) is 0 Å². The number of anilines is 2. The molecular weight excluding hydrogens is 206 g/mol. The van der Waals surface area contributed by atoms with Crippen molar-refractivity contribution < 1.29 is 0 Å². The van der Waals surface area contributed by atoms with Gasteiger partial charge < -0.3 is 10.6 Å². The van der Waals surface area contributed by atoms with Gasteiger partial charge in [-0.05, 0) is 12.1 Å². The maximum Gasteiger partial charge on any atom is 0.131 e. The third kappa shape index (κ3) is 2.08. The molecular formula is C7H10BrN3. The molecule has 0 fully saturated rings. The molecule has 0 saturated heterocycles. The second-order valence-electron chi connectivity index (χ2n) is 2.46. The molecule has 0 saturated carbocycles. The van der Waals surface area contributed by atoms with E-state index in [1.165, 1.54) is 0 Å². The lowest BCUT2D eigenvalue weighted by Crippen LogP contribution is -2.11. The number of nitrogens with two attached hydrogens (primary N) is 1. The van der Waals surface area contributed by atoms with Gasteiger partial charge in [-0.2, -0.15) is 0 Å². The highest BCUT2D eigenvalue weighted by atomic mass is 79.9. The summed E-state index contributed by atoms with van der Waals surface area (Å²) in [5.74, 6) is 1.39. The molecule has 4 heteroatoms. The van der Waals surface area contributed by atoms with Crippen LogP contribution in [-0.2, 0) is 0 Å². The number of halogens is 1. The third-order valence-electron chi connectivity index (χ3n) is 1.25. The van der Waals surface area contributed by atoms with Crippen molar-refractivity contribution in [2.45, 2.75) is 0 Å². The first-order valence-corrected chi connectivity index (χ1v) is 3.99. The highest BCUT2D eigenvalue weighted by Gasteiger charge is 1.98. The average molecular weight is 216 g/mol. The second-order valence-corrected chi connectivity index (χ2v) is 3.38. The van der Waals surface area contributed by atoms with E-state index in [0.29, 0.717) is 5.82 Å². The number of hydrogen-bond acceptors (Lipinski definition) is 3. The van der Waals surface area contributed by atoms with Gasteiger partial charge in [-0.25, -0.2) is 4.98 Å². The molecule has 1 rings (SSSR count). The lowest BCUT2D eigenvalue weighted by Gasteiger charge is -2.11. The smallest absolute Gasteiger partial charge is 0.131 e. The largest absolute Gasteiger partial charge is 0.384 e. The minimum Gasteiger partial charge on any atom is -0.384 e. The Bertz CT molecular complexity index is 240. The first-order valence-electron chi connectivity index (χ1n) is 3.20. The minimum atomic E-state index is 0.531. The standard InChI is InChI=1S/C7H10BrN3/c1-11(2)7-4-5(8)3-6(9)10-7/h3-4H,1-2H3,(H2,9,10). The fraction of sp³-hybridized carbons (Fsp3) is 0.286. The highest BCUT2D eigenvalue weighted by Crippen LogP contribution is 2.18. The Kier molecular flexibility index (Phi) is 2.34. The van der Waals surface area contributed by atoms with Crippen molar-refractivity contribution in [2.24, 2.45) is 0 Å². The zero-order valence-corrected chi connectivity index (χ0v) is 8.09. The van der Waals surface area contributed by atoms with Crippen molar-refractivity contribution in [3.8, 4) is 0 Å². The van der Waals surface area contributed by atoms with Gasteiger partial charge in [0.25, 0.3) is 0 Å². The molecule has 1 heterocycles. The van der Waals surface area contributed by atoms with Crippen LogP contribution >= 0.6 is 15.9 Å². The topological polar surface area (TPSA) is 42.1 Å². The van der Waals surface area contributed by atoms with Crippen LogP contribution < -0.4 is 10.6 Å². The number of nitrogens with zero attached hydrogens (tertiary/aromatic N) is 2. The number of hydrogen-bond donors (Lipinski definition) is 1. The van der Waals surface area contributed by atoms with Gasteiger partial charge in [-0.1, -0.05) is 15.9 Å². The van der Waals surface area contributed by atoms with Crippen molar-refractivity contribution in [3.63, 3.8) is 0 Å². The number of rotatable bonds is 1. The van der Waals surface area contributed by atoms with E-state index < -0.39 is 0 Å². The van der Waals surface area contributed by atoms with Crippen molar-refractivity contribution in [1.82, 2.24) is 4.98 Å². The summed E-state index contributed by atoms with van der Waals surface area (Å²) >= 11 is 3.33. The Labute approximate surface area is 74.3 Å². The Morgan fingerprint density at radius 1 is 1.45 bits per heavy atom. The molecule has 0 spiro atoms. The van der Waals surface area contributed by atoms with Crippen molar-refractivity contribution >= 4 is 27.6 Å². The number of aromatic nitrogens is 1. The molecule has 0 unspecified atom stereocenters. The van der Waals surface area contributed by atoms with Crippen molar-refractivity contribution in [2.75, 3.05) is 24.7 Å². The Hall–Kier alpha value is -0.770. The summed E-state index contributed by atoms with van der Waals surface area (Å²) in [6, 6.07) is 3.68. The van der Waals surface area contributed by atoms with Crippen LogP contribution in [0.25, 0.3) is 0 Å². The van der Waals surface area contributed by atoms with E-state index >= 15 is 0 Å². The molecule has 0 aliphatic heterocycles. The molecule has 0 aliphatic rings. The fourth-order valence-electron chi connectivity index (χ4n) is 0.732. The van der Waals surface area contributed by atoms with Gasteiger partial charge in [0.05, 0.1) is 0 Å². The van der Waals surface area contributed by atoms with E-state index in [4.69, 9.17) is 5.73 Å². The van der Waals surface area contributed by atoms with Crippen LogP contribution in [0.5, 0.6) is 0 Å². The van der Waals surface area contributed by atoms with E-state index in [1.807, 2.05) is 25.1 Å². The maximum atomic E-state index is 5.53. The van der Waals surface area contributed by atoms with Gasteiger partial charge in [0, 0.05) is 18.6 Å². The molecule has 0 bridgehead atoms. The van der Waals surface area contributed by atoms with Crippen LogP contribution in [0.3, 0.4) is 0 Å². The van der Waals surface area contributed by atoms with E-state index in [2.05, 4.69) is 20.9 Å². The molecule has 0 amide bonds. The van der Waals surface area contributed by atoms with E-state index in [1.54, 1.807) is 6.07 Å². The zero-order chi connectivity index (χ0) is 8.43. The third-order valence-corrected chi connectivity index (χ3v) is 1.71. The van der Waals surface area contributed by atoms with Crippen molar-refractivity contribution in [3.05, 3.63) is 16.6 Å². The summed E-state index contributed by atoms with van der Waals surface area (Å²) in [5, 5.41) is 0. The summed E-state index contributed by atoms with van der Waals surface area (Å²) in [6.45, 7) is 0. The summed E-state index contributed by atoms with van der Waals surface area (Å²) < 4.78 is 0.953. The van der Waals surface area contributed by atoms with E-state index in [9.17, 15) is 0 Å². The number of pyridine rings is 1. The molecule has 0 aliphatic carbocycles. The van der Waals surface area contributed by atoms with Gasteiger partial charge in [-0.15, -0.1) is 0 Å². The highest BCUT2D eigenvalue weighted by molar-refractivity contribution is 9.10. The van der Waals surface area contributed by atoms with Crippen LogP contribution in [0.2, 0.25) is 0 Å². The summed E-state index contributed by atoms with van der Waals surface area (Å²) in [5.41, 5.74) is 5.53. The Morgan fingerprint density at radius 2 is 2.09 bits per heavy atom. The normalized spacial score (nSPS) is 9.73. The average Bonchev–Trinajstić information content (AvgIpc) is 1.85. The predicted octanol–water partition coefficient (Wildman–Crippen LogP) is 1.49. The Balaban J connectivity index is 3.08. The molecule has 0 radical (unpaired) electrons. The predicted molar refractivity (Wildman–Crippen MR) is 50.7 cm³/mol. The molecule has 11 heavy (non-hydrogen) atoms. The molecule has 3 nitrogen and oxygen atoms in total. The van der Waals surface area contributed by atoms with Crippen LogP contribution in [0.1, 0.15) is 0 Å². The molecule has 0 atom stereocenters. The van der Waals surface area contributed by atoms with Crippen LogP contribution in [0.4, 0.5) is 11.6 Å². The monoisotopic (exact) mass is 215 g/mol. The first kappa shape index (κ1) is 8.33. The maximum absolute atomic E-state index is 5.53. The first-order chi connectivity index (χ1) is 5.09. The van der Waals surface area contributed by atoms with Gasteiger partial charge >= 0.3 is 0 Å². The van der Waals surface area contributed by atoms with Crippen LogP contribution in [0, 0.1) is 0 Å². The summed E-state index contributed by atoms with van der Waals surface area (Å²) in [4.78, 5) is 6.01. The second kappa shape index (κ2) is 3.09. The van der Waals surface area contributed by atoms with Crippen molar-refractivity contribution in [1.29, 1.82) is 0 Å². The molecule has 2 N–H and O–H groups in total. The number of nitrogen functional groups attached to an aromatic ring is 1. The Morgan fingerprint density at radius 3 is 2.55 bits per heavy atom.